The van der Waals surface area contributed by atoms with Crippen LogP contribution in [0.3, 0.4) is 0 Å². The molecule has 0 spiro atoms. The number of unbranched alkanes of at least 4 members (excludes halogenated alkanes) is 9. The highest BCUT2D eigenvalue weighted by atomic mass is 16.3. The maximum absolute atomic E-state index is 9.33. The number of allylic oxidation sites excluding steroid dienone is 4. The highest BCUT2D eigenvalue weighted by molar-refractivity contribution is 5.09. The molecule has 1 aliphatic carbocycles. The Kier molecular flexibility index (Phi) is 14.0. The van der Waals surface area contributed by atoms with Crippen molar-refractivity contribution in [2.24, 2.45) is 11.8 Å². The maximum atomic E-state index is 9.33. The lowest BCUT2D eigenvalue weighted by Gasteiger charge is -2.16. The molecule has 0 saturated heterocycles. The molecule has 0 saturated carbocycles. The van der Waals surface area contributed by atoms with Gasteiger partial charge in [0.15, 0.2) is 0 Å². The Balaban J connectivity index is 2.03. The van der Waals surface area contributed by atoms with Crippen molar-refractivity contribution in [1.82, 2.24) is 0 Å². The third-order valence-corrected chi connectivity index (χ3v) is 5.50. The number of rotatable bonds is 16. The molecule has 3 atom stereocenters. The molecule has 1 aliphatic rings. The van der Waals surface area contributed by atoms with E-state index in [2.05, 4.69) is 31.2 Å². The van der Waals surface area contributed by atoms with Crippen LogP contribution in [-0.4, -0.2) is 22.9 Å². The molecule has 0 fully saturated rings. The van der Waals surface area contributed by atoms with Crippen molar-refractivity contribution in [3.05, 3.63) is 24.3 Å². The van der Waals surface area contributed by atoms with Gasteiger partial charge in [-0.05, 0) is 43.9 Å². The van der Waals surface area contributed by atoms with Crippen molar-refractivity contribution in [1.29, 1.82) is 0 Å². The molecule has 1 unspecified atom stereocenters. The molecular formula is C23H42O2. The summed E-state index contributed by atoms with van der Waals surface area (Å²) in [5.41, 5.74) is 0. The summed E-state index contributed by atoms with van der Waals surface area (Å²) in [6, 6.07) is 0. The van der Waals surface area contributed by atoms with Gasteiger partial charge in [0, 0.05) is 0 Å². The van der Waals surface area contributed by atoms with Crippen LogP contribution in [0.4, 0.5) is 0 Å². The Morgan fingerprint density at radius 3 is 2.52 bits per heavy atom. The molecule has 2 N–H and O–H groups in total. The molecule has 0 aromatic heterocycles. The highest BCUT2D eigenvalue weighted by Crippen LogP contribution is 2.31. The van der Waals surface area contributed by atoms with E-state index >= 15 is 0 Å². The quantitative estimate of drug-likeness (QED) is 0.258. The van der Waals surface area contributed by atoms with E-state index in [1.165, 1.54) is 77.0 Å². The second-order valence-electron chi connectivity index (χ2n) is 7.81. The molecule has 0 bridgehead atoms. The third-order valence-electron chi connectivity index (χ3n) is 5.50. The van der Waals surface area contributed by atoms with Crippen molar-refractivity contribution in [3.8, 4) is 0 Å². The van der Waals surface area contributed by atoms with E-state index in [-0.39, 0.29) is 6.61 Å². The zero-order valence-corrected chi connectivity index (χ0v) is 16.5. The van der Waals surface area contributed by atoms with Crippen molar-refractivity contribution >= 4 is 0 Å². The molecule has 2 nitrogen and oxygen atoms in total. The summed E-state index contributed by atoms with van der Waals surface area (Å²) in [6.45, 7) is 2.18. The molecule has 0 heterocycles. The lowest BCUT2D eigenvalue weighted by Crippen LogP contribution is -2.11. The predicted molar refractivity (Wildman–Crippen MR) is 109 cm³/mol. The fraction of sp³-hybridized carbons (Fsp3) is 0.826. The molecule has 25 heavy (non-hydrogen) atoms. The Labute approximate surface area is 156 Å². The maximum Gasteiger partial charge on any atom is 0.0770 e. The highest BCUT2D eigenvalue weighted by Gasteiger charge is 2.19. The number of aliphatic hydroxyl groups is 2. The summed E-state index contributed by atoms with van der Waals surface area (Å²) in [6.07, 6.45) is 26.7. The Hall–Kier alpha value is -0.600. The van der Waals surface area contributed by atoms with Crippen LogP contribution in [0.25, 0.3) is 0 Å². The van der Waals surface area contributed by atoms with Crippen LogP contribution in [0.5, 0.6) is 0 Å². The SMILES string of the molecule is CCCCCCCCC=C[C@H]1C=CC[C@@H]1CCCCCCC(O)CO. The number of hydrogen-bond acceptors (Lipinski definition) is 2. The first kappa shape index (κ1) is 22.4. The summed E-state index contributed by atoms with van der Waals surface area (Å²) < 4.78 is 0. The normalized spacial score (nSPS) is 21.4. The minimum Gasteiger partial charge on any atom is -0.394 e. The molecular weight excluding hydrogens is 308 g/mol. The predicted octanol–water partition coefficient (Wildman–Crippen LogP) is 6.18. The smallest absolute Gasteiger partial charge is 0.0770 e. The first-order valence-corrected chi connectivity index (χ1v) is 10.9. The zero-order valence-electron chi connectivity index (χ0n) is 16.5. The van der Waals surface area contributed by atoms with Gasteiger partial charge in [-0.25, -0.2) is 0 Å². The van der Waals surface area contributed by atoms with Gasteiger partial charge in [-0.15, -0.1) is 0 Å². The van der Waals surface area contributed by atoms with Crippen molar-refractivity contribution in [2.75, 3.05) is 6.61 Å². The molecule has 0 aliphatic heterocycles. The Morgan fingerprint density at radius 1 is 1.00 bits per heavy atom. The average Bonchev–Trinajstić information content (AvgIpc) is 3.07. The van der Waals surface area contributed by atoms with Crippen LogP contribution in [-0.2, 0) is 0 Å². The lowest BCUT2D eigenvalue weighted by atomic mass is 9.89. The summed E-state index contributed by atoms with van der Waals surface area (Å²) in [5, 5.41) is 18.1. The van der Waals surface area contributed by atoms with Gasteiger partial charge in [0.05, 0.1) is 12.7 Å². The first-order chi connectivity index (χ1) is 12.3. The number of aliphatic hydroxyl groups excluding tert-OH is 2. The minimum absolute atomic E-state index is 0.0967. The van der Waals surface area contributed by atoms with Gasteiger partial charge in [-0.3, -0.25) is 0 Å². The minimum atomic E-state index is -0.514. The third kappa shape index (κ3) is 11.6. The van der Waals surface area contributed by atoms with Gasteiger partial charge < -0.3 is 10.2 Å². The van der Waals surface area contributed by atoms with Gasteiger partial charge >= 0.3 is 0 Å². The first-order valence-electron chi connectivity index (χ1n) is 10.9. The molecule has 0 radical (unpaired) electrons. The van der Waals surface area contributed by atoms with Crippen LogP contribution < -0.4 is 0 Å². The number of hydrogen-bond donors (Lipinski definition) is 2. The van der Waals surface area contributed by atoms with Crippen molar-refractivity contribution in [3.63, 3.8) is 0 Å². The average molecular weight is 351 g/mol. The zero-order chi connectivity index (χ0) is 18.2. The van der Waals surface area contributed by atoms with Gasteiger partial charge in [0.25, 0.3) is 0 Å². The van der Waals surface area contributed by atoms with Crippen molar-refractivity contribution in [2.45, 2.75) is 103 Å². The summed E-state index contributed by atoms with van der Waals surface area (Å²) >= 11 is 0. The van der Waals surface area contributed by atoms with E-state index in [9.17, 15) is 5.11 Å². The lowest BCUT2D eigenvalue weighted by molar-refractivity contribution is 0.0859. The summed E-state index contributed by atoms with van der Waals surface area (Å²) in [5.74, 6) is 1.47. The fourth-order valence-corrected chi connectivity index (χ4v) is 3.78. The van der Waals surface area contributed by atoms with E-state index < -0.39 is 6.10 Å². The van der Waals surface area contributed by atoms with Gasteiger partial charge in [-0.2, -0.15) is 0 Å². The van der Waals surface area contributed by atoms with E-state index in [1.54, 1.807) is 0 Å². The van der Waals surface area contributed by atoms with E-state index in [4.69, 9.17) is 5.11 Å². The molecule has 0 aromatic rings. The molecule has 146 valence electrons. The fourth-order valence-electron chi connectivity index (χ4n) is 3.78. The Morgan fingerprint density at radius 2 is 1.72 bits per heavy atom. The van der Waals surface area contributed by atoms with E-state index in [0.717, 1.165) is 18.8 Å². The van der Waals surface area contributed by atoms with Gasteiger partial charge in [0.1, 0.15) is 0 Å². The second-order valence-corrected chi connectivity index (χ2v) is 7.81. The standard InChI is InChI=1S/C23H42O2/c1-2-3-4-5-6-7-8-11-15-21-17-14-18-22(21)16-12-9-10-13-19-23(25)20-24/h11,14-15,17,21-25H,2-10,12-13,16,18-20H2,1H3/t21-,22-,23?/m0/s1. The van der Waals surface area contributed by atoms with Crippen LogP contribution >= 0.6 is 0 Å². The molecule has 0 aromatic carbocycles. The molecule has 1 rings (SSSR count). The van der Waals surface area contributed by atoms with Gasteiger partial charge in [0.2, 0.25) is 0 Å². The second kappa shape index (κ2) is 15.6. The van der Waals surface area contributed by atoms with Crippen LogP contribution in [0.15, 0.2) is 24.3 Å². The Bertz CT molecular complexity index is 348. The van der Waals surface area contributed by atoms with Crippen LogP contribution in [0, 0.1) is 11.8 Å². The topological polar surface area (TPSA) is 40.5 Å². The van der Waals surface area contributed by atoms with Crippen LogP contribution in [0.2, 0.25) is 0 Å². The summed E-state index contributed by atoms with van der Waals surface area (Å²) in [7, 11) is 0. The van der Waals surface area contributed by atoms with Gasteiger partial charge in [-0.1, -0.05) is 89.0 Å². The molecule has 0 amide bonds. The largest absolute Gasteiger partial charge is 0.394 e. The monoisotopic (exact) mass is 350 g/mol. The summed E-state index contributed by atoms with van der Waals surface area (Å²) in [4.78, 5) is 0. The van der Waals surface area contributed by atoms with E-state index in [0.29, 0.717) is 5.92 Å². The van der Waals surface area contributed by atoms with Crippen LogP contribution in [0.1, 0.15) is 96.8 Å². The molecule has 2 heteroatoms. The van der Waals surface area contributed by atoms with E-state index in [1.807, 2.05) is 0 Å². The van der Waals surface area contributed by atoms with Crippen molar-refractivity contribution < 1.29 is 10.2 Å².